The number of nitrogens with zero attached hydrogens (tertiary/aromatic N) is 1. The van der Waals surface area contributed by atoms with E-state index in [9.17, 15) is 14.4 Å². The van der Waals surface area contributed by atoms with Gasteiger partial charge in [0.2, 0.25) is 0 Å². The second-order valence-electron chi connectivity index (χ2n) is 9.62. The molecule has 2 aromatic rings. The van der Waals surface area contributed by atoms with Crippen LogP contribution in [0.3, 0.4) is 0 Å². The van der Waals surface area contributed by atoms with E-state index in [0.717, 1.165) is 11.1 Å². The highest BCUT2D eigenvalue weighted by atomic mass is 16.7. The number of amides is 2. The minimum absolute atomic E-state index is 0.0761. The summed E-state index contributed by atoms with van der Waals surface area (Å²) in [6.07, 6.45) is -1.30. The fourth-order valence-electron chi connectivity index (χ4n) is 3.74. The quantitative estimate of drug-likeness (QED) is 0.408. The van der Waals surface area contributed by atoms with Crippen molar-refractivity contribution < 1.29 is 33.3 Å². The molecule has 2 aromatic carbocycles. The van der Waals surface area contributed by atoms with Gasteiger partial charge in [-0.3, -0.25) is 0 Å². The van der Waals surface area contributed by atoms with Gasteiger partial charge in [0.1, 0.15) is 25.4 Å². The van der Waals surface area contributed by atoms with E-state index in [1.807, 2.05) is 60.7 Å². The molecule has 3 rings (SSSR count). The van der Waals surface area contributed by atoms with Gasteiger partial charge in [-0.2, -0.15) is 0 Å². The van der Waals surface area contributed by atoms with E-state index in [-0.39, 0.29) is 25.7 Å². The Morgan fingerprint density at radius 3 is 2.08 bits per heavy atom. The molecule has 1 saturated heterocycles. The number of benzene rings is 2. The third-order valence-corrected chi connectivity index (χ3v) is 5.54. The van der Waals surface area contributed by atoms with E-state index in [1.165, 1.54) is 0 Å². The Bertz CT molecular complexity index is 992. The normalized spacial score (nSPS) is 16.1. The molecule has 36 heavy (non-hydrogen) atoms. The Balaban J connectivity index is 1.56. The van der Waals surface area contributed by atoms with Crippen LogP contribution in [-0.4, -0.2) is 54.6 Å². The first-order chi connectivity index (χ1) is 17.2. The summed E-state index contributed by atoms with van der Waals surface area (Å²) in [6.45, 7) is 6.29. The largest absolute Gasteiger partial charge is 0.508 e. The van der Waals surface area contributed by atoms with Gasteiger partial charge >= 0.3 is 18.3 Å². The van der Waals surface area contributed by atoms with Crippen LogP contribution in [0.2, 0.25) is 0 Å². The number of hydrogen-bond donors (Lipinski definition) is 1. The standard InChI is InChI=1S/C27H34N2O7/c1-27(2,3)36-25(31)29-15-14-22(16-29)23(28-24(30)33-17-20-10-6-4-7-11-20)19-35-26(32)34-18-21-12-8-5-9-13-21/h4-13,22-23H,14-19H2,1-3H3,(H,28,30)/t22-,23-/m1/s1. The van der Waals surface area contributed by atoms with E-state index in [2.05, 4.69) is 5.32 Å². The molecular weight excluding hydrogens is 464 g/mol. The van der Waals surface area contributed by atoms with Gasteiger partial charge in [-0.1, -0.05) is 60.7 Å². The second kappa shape index (κ2) is 12.8. The third-order valence-electron chi connectivity index (χ3n) is 5.54. The van der Waals surface area contributed by atoms with Gasteiger partial charge < -0.3 is 29.2 Å². The number of carbonyl (C=O) groups excluding carboxylic acids is 3. The SMILES string of the molecule is CC(C)(C)OC(=O)N1CC[C@@H]([C@@H](COC(=O)OCc2ccccc2)NC(=O)OCc2ccccc2)C1. The lowest BCUT2D eigenvalue weighted by atomic mass is 10.00. The molecular formula is C27H34N2O7. The summed E-state index contributed by atoms with van der Waals surface area (Å²) in [7, 11) is 0. The average molecular weight is 499 g/mol. The molecule has 0 saturated carbocycles. The number of ether oxygens (including phenoxy) is 4. The van der Waals surface area contributed by atoms with Crippen molar-refractivity contribution in [2.45, 2.75) is 52.0 Å². The van der Waals surface area contributed by atoms with Gasteiger partial charge in [-0.05, 0) is 38.3 Å². The molecule has 1 aliphatic rings. The molecule has 0 unspecified atom stereocenters. The second-order valence-corrected chi connectivity index (χ2v) is 9.62. The topological polar surface area (TPSA) is 103 Å². The number of alkyl carbamates (subject to hydrolysis) is 1. The molecule has 2 atom stereocenters. The summed E-state index contributed by atoms with van der Waals surface area (Å²) < 4.78 is 21.3. The van der Waals surface area contributed by atoms with Crippen molar-refractivity contribution in [3.05, 3.63) is 71.8 Å². The molecule has 9 heteroatoms. The minimum atomic E-state index is -0.842. The first kappa shape index (κ1) is 26.8. The van der Waals surface area contributed by atoms with E-state index in [0.29, 0.717) is 19.5 Å². The number of likely N-dealkylation sites (tertiary alicyclic amines) is 1. The van der Waals surface area contributed by atoms with Gasteiger partial charge in [0.15, 0.2) is 0 Å². The fourth-order valence-corrected chi connectivity index (χ4v) is 3.74. The molecule has 1 aliphatic heterocycles. The number of rotatable bonds is 8. The Labute approximate surface area is 211 Å². The highest BCUT2D eigenvalue weighted by molar-refractivity contribution is 5.69. The van der Waals surface area contributed by atoms with Crippen LogP contribution in [0.1, 0.15) is 38.3 Å². The van der Waals surface area contributed by atoms with E-state index in [1.54, 1.807) is 25.7 Å². The Morgan fingerprint density at radius 1 is 0.917 bits per heavy atom. The molecule has 1 fully saturated rings. The highest BCUT2D eigenvalue weighted by Crippen LogP contribution is 2.23. The molecule has 0 spiro atoms. The molecule has 2 amide bonds. The number of nitrogens with one attached hydrogen (secondary N) is 1. The molecule has 9 nitrogen and oxygen atoms in total. The van der Waals surface area contributed by atoms with Crippen molar-refractivity contribution in [3.63, 3.8) is 0 Å². The fraction of sp³-hybridized carbons (Fsp3) is 0.444. The number of carbonyl (C=O) groups is 3. The predicted octanol–water partition coefficient (Wildman–Crippen LogP) is 4.89. The summed E-state index contributed by atoms with van der Waals surface area (Å²) in [6, 6.07) is 18.0. The maximum atomic E-state index is 12.5. The van der Waals surface area contributed by atoms with Gasteiger partial charge in [0.25, 0.3) is 0 Å². The summed E-state index contributed by atoms with van der Waals surface area (Å²) in [5, 5.41) is 2.79. The van der Waals surface area contributed by atoms with E-state index in [4.69, 9.17) is 18.9 Å². The number of hydrogen-bond acceptors (Lipinski definition) is 7. The Kier molecular flexibility index (Phi) is 9.55. The summed E-state index contributed by atoms with van der Waals surface area (Å²) in [4.78, 5) is 38.8. The Hall–Kier alpha value is -3.75. The molecule has 0 aliphatic carbocycles. The monoisotopic (exact) mass is 498 g/mol. The highest BCUT2D eigenvalue weighted by Gasteiger charge is 2.35. The van der Waals surface area contributed by atoms with Gasteiger partial charge in [-0.25, -0.2) is 14.4 Å². The van der Waals surface area contributed by atoms with Crippen LogP contribution in [0, 0.1) is 5.92 Å². The lowest BCUT2D eigenvalue weighted by molar-refractivity contribution is 0.0258. The molecule has 194 valence electrons. The van der Waals surface area contributed by atoms with Gasteiger partial charge in [0.05, 0.1) is 6.04 Å². The van der Waals surface area contributed by atoms with Crippen LogP contribution in [0.5, 0.6) is 0 Å². The van der Waals surface area contributed by atoms with Crippen molar-refractivity contribution in [1.82, 2.24) is 10.2 Å². The lowest BCUT2D eigenvalue weighted by Gasteiger charge is -2.26. The zero-order valence-corrected chi connectivity index (χ0v) is 21.0. The predicted molar refractivity (Wildman–Crippen MR) is 132 cm³/mol. The smallest absolute Gasteiger partial charge is 0.445 e. The molecule has 1 heterocycles. The average Bonchev–Trinajstić information content (AvgIpc) is 3.35. The van der Waals surface area contributed by atoms with Crippen LogP contribution in [-0.2, 0) is 32.2 Å². The summed E-state index contributed by atoms with van der Waals surface area (Å²) in [5.74, 6) is -0.163. The summed E-state index contributed by atoms with van der Waals surface area (Å²) >= 11 is 0. The van der Waals surface area contributed by atoms with E-state index < -0.39 is 30.0 Å². The molecule has 1 N–H and O–H groups in total. The molecule has 0 radical (unpaired) electrons. The van der Waals surface area contributed by atoms with Gasteiger partial charge in [0, 0.05) is 19.0 Å². The maximum Gasteiger partial charge on any atom is 0.508 e. The van der Waals surface area contributed by atoms with Crippen molar-refractivity contribution in [1.29, 1.82) is 0 Å². The maximum absolute atomic E-state index is 12.5. The van der Waals surface area contributed by atoms with E-state index >= 15 is 0 Å². The van der Waals surface area contributed by atoms with Crippen molar-refractivity contribution >= 4 is 18.3 Å². The van der Waals surface area contributed by atoms with Gasteiger partial charge in [-0.15, -0.1) is 0 Å². The van der Waals surface area contributed by atoms with Crippen molar-refractivity contribution in [2.75, 3.05) is 19.7 Å². The minimum Gasteiger partial charge on any atom is -0.445 e. The zero-order valence-electron chi connectivity index (χ0n) is 21.0. The van der Waals surface area contributed by atoms with Crippen LogP contribution < -0.4 is 5.32 Å². The lowest BCUT2D eigenvalue weighted by Crippen LogP contribution is -2.45. The third kappa shape index (κ3) is 9.13. The van der Waals surface area contributed by atoms with Crippen LogP contribution in [0.15, 0.2) is 60.7 Å². The van der Waals surface area contributed by atoms with Crippen molar-refractivity contribution in [2.24, 2.45) is 5.92 Å². The van der Waals surface area contributed by atoms with Crippen molar-refractivity contribution in [3.8, 4) is 0 Å². The molecule has 0 bridgehead atoms. The van der Waals surface area contributed by atoms with Crippen LogP contribution in [0.4, 0.5) is 14.4 Å². The summed E-state index contributed by atoms with van der Waals surface area (Å²) in [5.41, 5.74) is 1.07. The Morgan fingerprint density at radius 2 is 1.50 bits per heavy atom. The van der Waals surface area contributed by atoms with Crippen LogP contribution in [0.25, 0.3) is 0 Å². The first-order valence-corrected chi connectivity index (χ1v) is 12.0. The zero-order chi connectivity index (χ0) is 26.0. The first-order valence-electron chi connectivity index (χ1n) is 12.0. The van der Waals surface area contributed by atoms with Crippen LogP contribution >= 0.6 is 0 Å². The molecule has 0 aromatic heterocycles.